The van der Waals surface area contributed by atoms with E-state index in [4.69, 9.17) is 4.74 Å². The van der Waals surface area contributed by atoms with Crippen LogP contribution in [-0.2, 0) is 19.1 Å². The van der Waals surface area contributed by atoms with Gasteiger partial charge in [-0.3, -0.25) is 19.3 Å². The number of aliphatic hydroxyl groups is 1. The molecule has 2 rings (SSSR count). The van der Waals surface area contributed by atoms with Crippen LogP contribution >= 0.6 is 0 Å². The lowest BCUT2D eigenvalue weighted by atomic mass is 9.94. The van der Waals surface area contributed by atoms with Crippen molar-refractivity contribution in [1.29, 1.82) is 0 Å². The molecule has 0 atom stereocenters. The number of likely N-dealkylation sites (N-methyl/N-ethyl adjacent to an activating group) is 1. The fourth-order valence-electron chi connectivity index (χ4n) is 2.71. The molecule has 0 radical (unpaired) electrons. The largest absolute Gasteiger partial charge is 0.388 e. The van der Waals surface area contributed by atoms with Gasteiger partial charge >= 0.3 is 0 Å². The van der Waals surface area contributed by atoms with E-state index >= 15 is 0 Å². The second kappa shape index (κ2) is 6.53. The number of hydrogen-bond donors (Lipinski definition) is 1. The van der Waals surface area contributed by atoms with E-state index in [1.807, 2.05) is 0 Å². The van der Waals surface area contributed by atoms with Gasteiger partial charge in [0.15, 0.2) is 0 Å². The van der Waals surface area contributed by atoms with Gasteiger partial charge in [-0.25, -0.2) is 0 Å². The summed E-state index contributed by atoms with van der Waals surface area (Å²) in [5.74, 6) is -0.598. The smallest absolute Gasteiger partial charge is 0.229 e. The van der Waals surface area contributed by atoms with E-state index in [1.54, 1.807) is 7.05 Å². The van der Waals surface area contributed by atoms with Crippen molar-refractivity contribution in [1.82, 2.24) is 9.80 Å². The number of rotatable bonds is 5. The van der Waals surface area contributed by atoms with Gasteiger partial charge in [-0.1, -0.05) is 0 Å². The Morgan fingerprint density at radius 1 is 1.29 bits per heavy atom. The van der Waals surface area contributed by atoms with E-state index in [0.717, 1.165) is 4.90 Å². The molecule has 0 aromatic carbocycles. The number of amides is 3. The van der Waals surface area contributed by atoms with Crippen LogP contribution in [0.5, 0.6) is 0 Å². The van der Waals surface area contributed by atoms with Crippen molar-refractivity contribution >= 4 is 17.7 Å². The van der Waals surface area contributed by atoms with Gasteiger partial charge in [0.25, 0.3) is 0 Å². The van der Waals surface area contributed by atoms with E-state index in [2.05, 4.69) is 0 Å². The molecule has 21 heavy (non-hydrogen) atoms. The van der Waals surface area contributed by atoms with Crippen LogP contribution in [0.15, 0.2) is 0 Å². The quantitative estimate of drug-likeness (QED) is 0.693. The molecule has 1 N–H and O–H groups in total. The Hall–Kier alpha value is -1.47. The van der Waals surface area contributed by atoms with Crippen LogP contribution in [0, 0.1) is 0 Å². The number of likely N-dealkylation sites (tertiary alicyclic amines) is 1. The normalized spacial score (nSPS) is 21.7. The SMILES string of the molecule is CN(CC1(O)CCOCC1)C(=O)CCN1C(=O)CCC1=O. The lowest BCUT2D eigenvalue weighted by Gasteiger charge is -2.35. The third-order valence-electron chi connectivity index (χ3n) is 4.08. The summed E-state index contributed by atoms with van der Waals surface area (Å²) < 4.78 is 5.20. The minimum atomic E-state index is -0.901. The van der Waals surface area contributed by atoms with Gasteiger partial charge in [0.05, 0.1) is 5.60 Å². The average Bonchev–Trinajstić information content (AvgIpc) is 2.75. The van der Waals surface area contributed by atoms with Gasteiger partial charge in [0, 0.05) is 65.5 Å². The first-order valence-corrected chi connectivity index (χ1v) is 7.29. The maximum atomic E-state index is 12.1. The number of carbonyl (C=O) groups excluding carboxylic acids is 3. The predicted molar refractivity (Wildman–Crippen MR) is 73.2 cm³/mol. The lowest BCUT2D eigenvalue weighted by Crippen LogP contribution is -2.47. The molecular weight excluding hydrogens is 276 g/mol. The highest BCUT2D eigenvalue weighted by molar-refractivity contribution is 6.02. The third kappa shape index (κ3) is 4.01. The van der Waals surface area contributed by atoms with Crippen molar-refractivity contribution in [2.24, 2.45) is 0 Å². The topological polar surface area (TPSA) is 87.2 Å². The van der Waals surface area contributed by atoms with Crippen LogP contribution in [0.3, 0.4) is 0 Å². The van der Waals surface area contributed by atoms with Gasteiger partial charge in [-0.2, -0.15) is 0 Å². The average molecular weight is 298 g/mol. The number of nitrogens with zero attached hydrogens (tertiary/aromatic N) is 2. The molecule has 2 heterocycles. The van der Waals surface area contributed by atoms with Crippen molar-refractivity contribution in [3.63, 3.8) is 0 Å². The molecule has 0 unspecified atom stereocenters. The zero-order valence-corrected chi connectivity index (χ0v) is 12.3. The monoisotopic (exact) mass is 298 g/mol. The maximum absolute atomic E-state index is 12.1. The molecule has 0 spiro atoms. The first kappa shape index (κ1) is 15.9. The summed E-state index contributed by atoms with van der Waals surface area (Å²) >= 11 is 0. The van der Waals surface area contributed by atoms with Gasteiger partial charge in [0.1, 0.15) is 0 Å². The van der Waals surface area contributed by atoms with Crippen molar-refractivity contribution in [3.8, 4) is 0 Å². The molecule has 2 aliphatic heterocycles. The van der Waals surface area contributed by atoms with E-state index in [1.165, 1.54) is 4.90 Å². The van der Waals surface area contributed by atoms with Crippen LogP contribution in [-0.4, -0.2) is 71.6 Å². The van der Waals surface area contributed by atoms with Crippen LogP contribution in [0.4, 0.5) is 0 Å². The molecule has 3 amide bonds. The van der Waals surface area contributed by atoms with Gasteiger partial charge in [-0.15, -0.1) is 0 Å². The first-order valence-electron chi connectivity index (χ1n) is 7.29. The molecule has 2 saturated heterocycles. The first-order chi connectivity index (χ1) is 9.91. The number of ether oxygens (including phenoxy) is 1. The summed E-state index contributed by atoms with van der Waals surface area (Å²) in [6.45, 7) is 1.37. The molecule has 0 bridgehead atoms. The maximum Gasteiger partial charge on any atom is 0.229 e. The number of imide groups is 1. The molecule has 118 valence electrons. The highest BCUT2D eigenvalue weighted by Crippen LogP contribution is 2.21. The second-order valence-corrected chi connectivity index (χ2v) is 5.78. The summed E-state index contributed by atoms with van der Waals surface area (Å²) in [4.78, 5) is 37.6. The van der Waals surface area contributed by atoms with E-state index in [-0.39, 0.29) is 50.1 Å². The Labute approximate surface area is 123 Å². The highest BCUT2D eigenvalue weighted by Gasteiger charge is 2.33. The molecule has 7 heteroatoms. The highest BCUT2D eigenvalue weighted by atomic mass is 16.5. The molecular formula is C14H22N2O5. The van der Waals surface area contributed by atoms with Crippen molar-refractivity contribution < 1.29 is 24.2 Å². The molecule has 0 aromatic rings. The van der Waals surface area contributed by atoms with Gasteiger partial charge < -0.3 is 14.7 Å². The Morgan fingerprint density at radius 3 is 2.43 bits per heavy atom. The molecule has 0 aliphatic carbocycles. The molecule has 7 nitrogen and oxygen atoms in total. The Morgan fingerprint density at radius 2 is 1.86 bits per heavy atom. The predicted octanol–water partition coefficient (Wildman–Crippen LogP) is -0.475. The Kier molecular flexibility index (Phi) is 4.95. The lowest BCUT2D eigenvalue weighted by molar-refractivity contribution is -0.141. The number of carbonyl (C=O) groups is 3. The van der Waals surface area contributed by atoms with E-state index in [9.17, 15) is 19.5 Å². The van der Waals surface area contributed by atoms with E-state index < -0.39 is 5.60 Å². The van der Waals surface area contributed by atoms with Crippen LogP contribution in [0.25, 0.3) is 0 Å². The Bertz CT molecular complexity index is 415. The molecule has 2 fully saturated rings. The number of hydrogen-bond acceptors (Lipinski definition) is 5. The second-order valence-electron chi connectivity index (χ2n) is 5.78. The Balaban J connectivity index is 1.79. The zero-order valence-electron chi connectivity index (χ0n) is 12.3. The summed E-state index contributed by atoms with van der Waals surface area (Å²) in [6.07, 6.45) is 1.59. The van der Waals surface area contributed by atoms with Crippen molar-refractivity contribution in [2.45, 2.75) is 37.7 Å². The van der Waals surface area contributed by atoms with Crippen LogP contribution in [0.1, 0.15) is 32.1 Å². The van der Waals surface area contributed by atoms with E-state index in [0.29, 0.717) is 26.1 Å². The standard InChI is InChI=1S/C14H22N2O5/c1-15(10-14(20)5-8-21-9-6-14)11(17)4-7-16-12(18)2-3-13(16)19/h20H,2-10H2,1H3. The summed E-state index contributed by atoms with van der Waals surface area (Å²) in [5.41, 5.74) is -0.901. The van der Waals surface area contributed by atoms with Gasteiger partial charge in [0.2, 0.25) is 17.7 Å². The molecule has 0 aromatic heterocycles. The summed E-state index contributed by atoms with van der Waals surface area (Å²) in [6, 6.07) is 0. The fraction of sp³-hybridized carbons (Fsp3) is 0.786. The summed E-state index contributed by atoms with van der Waals surface area (Å²) in [7, 11) is 1.63. The van der Waals surface area contributed by atoms with Crippen LogP contribution < -0.4 is 0 Å². The van der Waals surface area contributed by atoms with Crippen molar-refractivity contribution in [2.75, 3.05) is 33.4 Å². The fourth-order valence-corrected chi connectivity index (χ4v) is 2.71. The van der Waals surface area contributed by atoms with Gasteiger partial charge in [-0.05, 0) is 0 Å². The van der Waals surface area contributed by atoms with Crippen LogP contribution in [0.2, 0.25) is 0 Å². The summed E-state index contributed by atoms with van der Waals surface area (Å²) in [5, 5.41) is 10.4. The minimum absolute atomic E-state index is 0.0978. The van der Waals surface area contributed by atoms with Crippen molar-refractivity contribution in [3.05, 3.63) is 0 Å². The molecule has 0 saturated carbocycles. The minimum Gasteiger partial charge on any atom is -0.388 e. The molecule has 2 aliphatic rings. The third-order valence-corrected chi connectivity index (χ3v) is 4.08. The zero-order chi connectivity index (χ0) is 15.5.